The number of halogens is 1. The first-order valence-electron chi connectivity index (χ1n) is 4.55. The fourth-order valence-corrected chi connectivity index (χ4v) is 2.25. The van der Waals surface area contributed by atoms with Gasteiger partial charge in [-0.05, 0) is 29.0 Å². The van der Waals surface area contributed by atoms with Gasteiger partial charge in [0.15, 0.2) is 0 Å². The van der Waals surface area contributed by atoms with Gasteiger partial charge in [-0.1, -0.05) is 0 Å². The van der Waals surface area contributed by atoms with Crippen molar-refractivity contribution < 1.29 is 4.74 Å². The molecule has 0 radical (unpaired) electrons. The minimum absolute atomic E-state index is 0.457. The Labute approximate surface area is 96.8 Å². The number of hydrogen-bond donors (Lipinski definition) is 0. The van der Waals surface area contributed by atoms with Crippen molar-refractivity contribution in [3.8, 4) is 0 Å². The number of rotatable bonds is 2. The molecule has 1 fully saturated rings. The van der Waals surface area contributed by atoms with Gasteiger partial charge in [-0.3, -0.25) is 0 Å². The molecule has 4 nitrogen and oxygen atoms in total. The Kier molecular flexibility index (Phi) is 3.17. The molecular weight excluding hydrogens is 293 g/mol. The summed E-state index contributed by atoms with van der Waals surface area (Å²) in [5, 5.41) is 0. The molecule has 0 saturated carbocycles. The number of nitrogens with zero attached hydrogens (tertiary/aromatic N) is 3. The molecule has 1 aromatic heterocycles. The van der Waals surface area contributed by atoms with E-state index in [0.29, 0.717) is 6.04 Å². The number of likely N-dealkylation sites (N-methyl/N-ethyl adjacent to an activating group) is 1. The van der Waals surface area contributed by atoms with Crippen LogP contribution in [0, 0.1) is 3.57 Å². The summed E-state index contributed by atoms with van der Waals surface area (Å²) < 4.78 is 6.43. The van der Waals surface area contributed by atoms with Crippen molar-refractivity contribution in [3.63, 3.8) is 0 Å². The van der Waals surface area contributed by atoms with Gasteiger partial charge in [0.05, 0.1) is 16.2 Å². The zero-order valence-electron chi connectivity index (χ0n) is 7.98. The summed E-state index contributed by atoms with van der Waals surface area (Å²) in [6, 6.07) is 0.457. The molecule has 1 aliphatic rings. The second-order valence-electron chi connectivity index (χ2n) is 3.32. The Balaban J connectivity index is 2.17. The highest BCUT2D eigenvalue weighted by Gasteiger charge is 2.22. The Bertz CT molecular complexity index is 315. The van der Waals surface area contributed by atoms with Crippen LogP contribution in [0.4, 0.5) is 5.82 Å². The molecule has 14 heavy (non-hydrogen) atoms. The molecule has 1 unspecified atom stereocenters. The summed E-state index contributed by atoms with van der Waals surface area (Å²) in [4.78, 5) is 10.4. The van der Waals surface area contributed by atoms with E-state index in [4.69, 9.17) is 4.74 Å². The maximum atomic E-state index is 5.35. The summed E-state index contributed by atoms with van der Waals surface area (Å²) in [6.07, 6.45) is 4.50. The minimum atomic E-state index is 0.457. The number of hydrogen-bond acceptors (Lipinski definition) is 4. The van der Waals surface area contributed by atoms with Crippen LogP contribution in [0.2, 0.25) is 0 Å². The lowest BCUT2D eigenvalue weighted by Crippen LogP contribution is -2.33. The van der Waals surface area contributed by atoms with Gasteiger partial charge in [0.2, 0.25) is 0 Å². The van der Waals surface area contributed by atoms with Crippen molar-refractivity contribution in [2.75, 3.05) is 25.2 Å². The molecule has 0 amide bonds. The topological polar surface area (TPSA) is 38.2 Å². The molecule has 2 rings (SSSR count). The predicted octanol–water partition coefficient (Wildman–Crippen LogP) is 1.31. The summed E-state index contributed by atoms with van der Waals surface area (Å²) >= 11 is 2.25. The van der Waals surface area contributed by atoms with Crippen molar-refractivity contribution in [2.45, 2.75) is 12.5 Å². The molecule has 1 aliphatic heterocycles. The van der Waals surface area contributed by atoms with E-state index in [1.165, 1.54) is 0 Å². The standard InChI is InChI=1S/C9H12IN3O/c1-13(7-2-3-14-5-7)9-8(10)4-11-6-12-9/h4,6-7H,2-3,5H2,1H3. The van der Waals surface area contributed by atoms with Crippen LogP contribution >= 0.6 is 22.6 Å². The largest absolute Gasteiger partial charge is 0.379 e. The molecule has 1 atom stereocenters. The molecule has 5 heteroatoms. The zero-order valence-corrected chi connectivity index (χ0v) is 10.1. The first-order valence-corrected chi connectivity index (χ1v) is 5.63. The molecule has 0 aliphatic carbocycles. The molecule has 1 saturated heterocycles. The number of ether oxygens (including phenoxy) is 1. The lowest BCUT2D eigenvalue weighted by atomic mass is 10.2. The highest BCUT2D eigenvalue weighted by Crippen LogP contribution is 2.21. The van der Waals surface area contributed by atoms with Crippen LogP contribution in [-0.4, -0.2) is 36.3 Å². The molecule has 0 N–H and O–H groups in total. The first kappa shape index (κ1) is 10.1. The summed E-state index contributed by atoms with van der Waals surface area (Å²) in [5.74, 6) is 0.996. The van der Waals surface area contributed by atoms with E-state index in [0.717, 1.165) is 29.0 Å². The lowest BCUT2D eigenvalue weighted by molar-refractivity contribution is 0.193. The van der Waals surface area contributed by atoms with Crippen LogP contribution in [-0.2, 0) is 4.74 Å². The quantitative estimate of drug-likeness (QED) is 0.772. The molecule has 76 valence electrons. The molecule has 0 aromatic carbocycles. The van der Waals surface area contributed by atoms with E-state index >= 15 is 0 Å². The van der Waals surface area contributed by atoms with Gasteiger partial charge < -0.3 is 9.64 Å². The van der Waals surface area contributed by atoms with Crippen molar-refractivity contribution in [3.05, 3.63) is 16.1 Å². The fraction of sp³-hybridized carbons (Fsp3) is 0.556. The van der Waals surface area contributed by atoms with E-state index in [-0.39, 0.29) is 0 Å². The van der Waals surface area contributed by atoms with Gasteiger partial charge in [-0.25, -0.2) is 9.97 Å². The minimum Gasteiger partial charge on any atom is -0.379 e. The van der Waals surface area contributed by atoms with Crippen molar-refractivity contribution in [1.29, 1.82) is 0 Å². The van der Waals surface area contributed by atoms with Crippen LogP contribution in [0.3, 0.4) is 0 Å². The van der Waals surface area contributed by atoms with Gasteiger partial charge in [0.1, 0.15) is 12.1 Å². The highest BCUT2D eigenvalue weighted by atomic mass is 127. The fourth-order valence-electron chi connectivity index (χ4n) is 1.57. The average Bonchev–Trinajstić information content (AvgIpc) is 2.70. The lowest BCUT2D eigenvalue weighted by Gasteiger charge is -2.24. The molecule has 0 bridgehead atoms. The van der Waals surface area contributed by atoms with Crippen LogP contribution < -0.4 is 4.90 Å². The Hall–Kier alpha value is -0.430. The summed E-state index contributed by atoms with van der Waals surface area (Å²) in [6.45, 7) is 1.66. The van der Waals surface area contributed by atoms with E-state index < -0.39 is 0 Å². The normalized spacial score (nSPS) is 21.1. The van der Waals surface area contributed by atoms with Gasteiger partial charge >= 0.3 is 0 Å². The smallest absolute Gasteiger partial charge is 0.145 e. The second kappa shape index (κ2) is 4.39. The second-order valence-corrected chi connectivity index (χ2v) is 4.48. The number of anilines is 1. The number of aromatic nitrogens is 2. The van der Waals surface area contributed by atoms with Crippen LogP contribution in [0.25, 0.3) is 0 Å². The van der Waals surface area contributed by atoms with Crippen molar-refractivity contribution in [1.82, 2.24) is 9.97 Å². The summed E-state index contributed by atoms with van der Waals surface area (Å²) in [5.41, 5.74) is 0. The van der Waals surface area contributed by atoms with Gasteiger partial charge in [0, 0.05) is 19.9 Å². The van der Waals surface area contributed by atoms with Crippen LogP contribution in [0.15, 0.2) is 12.5 Å². The highest BCUT2D eigenvalue weighted by molar-refractivity contribution is 14.1. The van der Waals surface area contributed by atoms with Crippen LogP contribution in [0.1, 0.15) is 6.42 Å². The monoisotopic (exact) mass is 305 g/mol. The van der Waals surface area contributed by atoms with Crippen molar-refractivity contribution in [2.24, 2.45) is 0 Å². The first-order chi connectivity index (χ1) is 6.79. The van der Waals surface area contributed by atoms with Gasteiger partial charge in [0.25, 0.3) is 0 Å². The molecule has 0 spiro atoms. The third-order valence-corrected chi connectivity index (χ3v) is 3.20. The zero-order chi connectivity index (χ0) is 9.97. The Morgan fingerprint density at radius 2 is 2.50 bits per heavy atom. The summed E-state index contributed by atoms with van der Waals surface area (Å²) in [7, 11) is 2.06. The third kappa shape index (κ3) is 1.98. The predicted molar refractivity (Wildman–Crippen MR) is 62.4 cm³/mol. The molecule has 1 aromatic rings. The van der Waals surface area contributed by atoms with E-state index in [1.807, 2.05) is 6.20 Å². The Morgan fingerprint density at radius 1 is 1.64 bits per heavy atom. The van der Waals surface area contributed by atoms with Crippen molar-refractivity contribution >= 4 is 28.4 Å². The molecule has 2 heterocycles. The average molecular weight is 305 g/mol. The Morgan fingerprint density at radius 3 is 3.14 bits per heavy atom. The maximum absolute atomic E-state index is 5.35. The van der Waals surface area contributed by atoms with Gasteiger partial charge in [-0.2, -0.15) is 0 Å². The van der Waals surface area contributed by atoms with Crippen LogP contribution in [0.5, 0.6) is 0 Å². The third-order valence-electron chi connectivity index (χ3n) is 2.44. The van der Waals surface area contributed by atoms with Gasteiger partial charge in [-0.15, -0.1) is 0 Å². The van der Waals surface area contributed by atoms with E-state index in [9.17, 15) is 0 Å². The SMILES string of the molecule is CN(c1ncncc1I)C1CCOC1. The molecular formula is C9H12IN3O. The van der Waals surface area contributed by atoms with E-state index in [1.54, 1.807) is 6.33 Å². The van der Waals surface area contributed by atoms with E-state index in [2.05, 4.69) is 44.5 Å². The maximum Gasteiger partial charge on any atom is 0.145 e.